The van der Waals surface area contributed by atoms with Crippen molar-refractivity contribution in [1.82, 2.24) is 0 Å². The Hall–Kier alpha value is -1.29. The third-order valence-corrected chi connectivity index (χ3v) is 8.05. The number of carbonyl (C=O) groups excluding carboxylic acids is 2. The number of allylic oxidation sites excluding steroid dienone is 4. The Balaban J connectivity index is 1.75. The van der Waals surface area contributed by atoms with Crippen LogP contribution in [-0.2, 0) is 9.59 Å². The van der Waals surface area contributed by atoms with Gasteiger partial charge in [0.05, 0.1) is 6.10 Å². The van der Waals surface area contributed by atoms with Crippen LogP contribution in [0.5, 0.6) is 0 Å². The van der Waals surface area contributed by atoms with Crippen LogP contribution >= 0.6 is 0 Å². The zero-order valence-corrected chi connectivity index (χ0v) is 15.9. The van der Waals surface area contributed by atoms with Crippen LogP contribution in [-0.4, -0.2) is 28.4 Å². The molecule has 0 aromatic heterocycles. The van der Waals surface area contributed by atoms with Gasteiger partial charge in [-0.25, -0.2) is 4.39 Å². The second kappa shape index (κ2) is 5.85. The number of hydrogen-bond acceptors (Lipinski definition) is 3. The average molecular weight is 360 g/mol. The Morgan fingerprint density at radius 3 is 2.81 bits per heavy atom. The van der Waals surface area contributed by atoms with Gasteiger partial charge in [-0.15, -0.1) is 0 Å². The van der Waals surface area contributed by atoms with Crippen LogP contribution in [0.25, 0.3) is 0 Å². The molecule has 1 N–H and O–H groups in total. The molecule has 4 heteroatoms. The first-order chi connectivity index (χ1) is 12.2. The predicted octanol–water partition coefficient (Wildman–Crippen LogP) is 3.81. The van der Waals surface area contributed by atoms with Crippen LogP contribution in [0.1, 0.15) is 52.9 Å². The molecule has 0 aromatic carbocycles. The second-order valence-electron chi connectivity index (χ2n) is 9.27. The van der Waals surface area contributed by atoms with Gasteiger partial charge in [0.2, 0.25) is 0 Å². The summed E-state index contributed by atoms with van der Waals surface area (Å²) < 4.78 is 16.5. The third kappa shape index (κ3) is 2.20. The standard InChI is InChI=1S/C22H29FO3/c1-4-18(25)20-12(2)9-17-16-7-5-13-10-14(24)6-8-15(13)22(16,23)19(26)11-21(17,20)3/h6,8,10,12,15-17,19-20,26H,4-5,7,9,11H2,1-3H3/t12-,15?,16?,17?,19+,20-,21+,22+/m1/s1. The normalized spacial score (nSPS) is 49.9. The molecular formula is C22H29FO3. The lowest BCUT2D eigenvalue weighted by Crippen LogP contribution is -2.63. The first-order valence-electron chi connectivity index (χ1n) is 10.1. The Kier molecular flexibility index (Phi) is 4.07. The Labute approximate surface area is 154 Å². The number of alkyl halides is 1. The molecule has 26 heavy (non-hydrogen) atoms. The van der Waals surface area contributed by atoms with Gasteiger partial charge in [-0.05, 0) is 55.1 Å². The fourth-order valence-electron chi connectivity index (χ4n) is 7.10. The number of carbonyl (C=O) groups is 2. The average Bonchev–Trinajstić information content (AvgIpc) is 2.84. The highest BCUT2D eigenvalue weighted by molar-refractivity contribution is 6.01. The molecule has 3 fully saturated rings. The third-order valence-electron chi connectivity index (χ3n) is 8.05. The van der Waals surface area contributed by atoms with E-state index < -0.39 is 17.7 Å². The van der Waals surface area contributed by atoms with Gasteiger partial charge in [0.25, 0.3) is 0 Å². The second-order valence-corrected chi connectivity index (χ2v) is 9.27. The Morgan fingerprint density at radius 1 is 1.38 bits per heavy atom. The molecular weight excluding hydrogens is 331 g/mol. The maximum absolute atomic E-state index is 16.5. The monoisotopic (exact) mass is 360 g/mol. The lowest BCUT2D eigenvalue weighted by molar-refractivity contribution is -0.175. The molecule has 3 nitrogen and oxygen atoms in total. The van der Waals surface area contributed by atoms with E-state index >= 15 is 4.39 Å². The number of hydrogen-bond donors (Lipinski definition) is 1. The molecule has 142 valence electrons. The molecule has 0 bridgehead atoms. The van der Waals surface area contributed by atoms with Crippen LogP contribution in [0.4, 0.5) is 4.39 Å². The van der Waals surface area contributed by atoms with Gasteiger partial charge in [-0.3, -0.25) is 9.59 Å². The summed E-state index contributed by atoms with van der Waals surface area (Å²) >= 11 is 0. The van der Waals surface area contributed by atoms with Crippen LogP contribution < -0.4 is 0 Å². The molecule has 0 aliphatic heterocycles. The largest absolute Gasteiger partial charge is 0.390 e. The van der Waals surface area contributed by atoms with Gasteiger partial charge in [0, 0.05) is 24.2 Å². The van der Waals surface area contributed by atoms with Crippen molar-refractivity contribution in [3.05, 3.63) is 23.8 Å². The smallest absolute Gasteiger partial charge is 0.178 e. The zero-order valence-electron chi connectivity index (χ0n) is 15.9. The summed E-state index contributed by atoms with van der Waals surface area (Å²) in [5, 5.41) is 11.0. The van der Waals surface area contributed by atoms with Crippen molar-refractivity contribution in [2.24, 2.45) is 35.0 Å². The van der Waals surface area contributed by atoms with Gasteiger partial charge < -0.3 is 5.11 Å². The summed E-state index contributed by atoms with van der Waals surface area (Å²) in [6.07, 6.45) is 6.61. The minimum Gasteiger partial charge on any atom is -0.390 e. The highest BCUT2D eigenvalue weighted by Crippen LogP contribution is 2.67. The SMILES string of the molecule is CCC(=O)[C@H]1[C@H](C)CC2C3CCC4=CC(=O)C=CC4[C@@]3(F)[C@@H](O)C[C@@]21C. The number of Topliss-reactive ketones (excluding diaryl/α,β-unsaturated/α-hetero) is 1. The first kappa shape index (κ1) is 18.1. The molecule has 8 atom stereocenters. The van der Waals surface area contributed by atoms with Crippen molar-refractivity contribution < 1.29 is 19.1 Å². The summed E-state index contributed by atoms with van der Waals surface area (Å²) in [4.78, 5) is 24.4. The van der Waals surface area contributed by atoms with Crippen LogP contribution in [0.2, 0.25) is 0 Å². The van der Waals surface area contributed by atoms with Gasteiger partial charge in [-0.1, -0.05) is 32.4 Å². The maximum atomic E-state index is 16.5. The van der Waals surface area contributed by atoms with Crippen LogP contribution in [0.3, 0.4) is 0 Å². The fourth-order valence-corrected chi connectivity index (χ4v) is 7.10. The highest BCUT2D eigenvalue weighted by atomic mass is 19.1. The maximum Gasteiger partial charge on any atom is 0.178 e. The minimum atomic E-state index is -1.73. The number of aliphatic hydroxyl groups is 1. The molecule has 0 radical (unpaired) electrons. The van der Waals surface area contributed by atoms with Crippen LogP contribution in [0.15, 0.2) is 23.8 Å². The highest BCUT2D eigenvalue weighted by Gasteiger charge is 2.68. The summed E-state index contributed by atoms with van der Waals surface area (Å²) in [6.45, 7) is 6.11. The lowest BCUT2D eigenvalue weighted by atomic mass is 9.49. The van der Waals surface area contributed by atoms with E-state index in [2.05, 4.69) is 13.8 Å². The van der Waals surface area contributed by atoms with Crippen molar-refractivity contribution in [3.63, 3.8) is 0 Å². The quantitative estimate of drug-likeness (QED) is 0.815. The molecule has 3 saturated carbocycles. The number of ketones is 2. The van der Waals surface area contributed by atoms with Crippen LogP contribution in [0, 0.1) is 35.0 Å². The first-order valence-corrected chi connectivity index (χ1v) is 10.1. The van der Waals surface area contributed by atoms with E-state index in [4.69, 9.17) is 0 Å². The number of halogens is 1. The topological polar surface area (TPSA) is 54.4 Å². The zero-order chi connectivity index (χ0) is 18.9. The van der Waals surface area contributed by atoms with Gasteiger partial charge >= 0.3 is 0 Å². The Morgan fingerprint density at radius 2 is 2.12 bits per heavy atom. The molecule has 4 aliphatic rings. The van der Waals surface area contributed by atoms with E-state index in [1.54, 1.807) is 12.2 Å². The molecule has 0 spiro atoms. The van der Waals surface area contributed by atoms with Crippen molar-refractivity contribution >= 4 is 11.6 Å². The number of rotatable bonds is 2. The van der Waals surface area contributed by atoms with E-state index in [9.17, 15) is 14.7 Å². The van der Waals surface area contributed by atoms with E-state index in [1.807, 2.05) is 6.92 Å². The molecule has 4 rings (SSSR count). The molecule has 0 heterocycles. The van der Waals surface area contributed by atoms with E-state index in [0.29, 0.717) is 25.7 Å². The fraction of sp³-hybridized carbons (Fsp3) is 0.727. The Bertz CT molecular complexity index is 710. The predicted molar refractivity (Wildman–Crippen MR) is 97.1 cm³/mol. The number of aliphatic hydroxyl groups excluding tert-OH is 1. The van der Waals surface area contributed by atoms with Crippen molar-refractivity contribution in [2.45, 2.75) is 64.6 Å². The summed E-state index contributed by atoms with van der Waals surface area (Å²) in [5.74, 6) is -0.344. The van der Waals surface area contributed by atoms with E-state index in [-0.39, 0.29) is 40.7 Å². The number of fused-ring (bicyclic) bond motifs is 5. The van der Waals surface area contributed by atoms with Crippen molar-refractivity contribution in [1.29, 1.82) is 0 Å². The van der Waals surface area contributed by atoms with E-state index in [1.165, 1.54) is 6.08 Å². The molecule has 0 aromatic rings. The van der Waals surface area contributed by atoms with Gasteiger partial charge in [0.15, 0.2) is 5.78 Å². The molecule has 0 amide bonds. The lowest BCUT2D eigenvalue weighted by Gasteiger charge is -2.58. The summed E-state index contributed by atoms with van der Waals surface area (Å²) in [6, 6.07) is 0. The van der Waals surface area contributed by atoms with Crippen molar-refractivity contribution in [2.75, 3.05) is 0 Å². The van der Waals surface area contributed by atoms with Gasteiger partial charge in [0.1, 0.15) is 11.5 Å². The van der Waals surface area contributed by atoms with Gasteiger partial charge in [-0.2, -0.15) is 0 Å². The molecule has 4 aliphatic carbocycles. The summed E-state index contributed by atoms with van der Waals surface area (Å²) in [5.41, 5.74) is -1.23. The summed E-state index contributed by atoms with van der Waals surface area (Å²) in [7, 11) is 0. The van der Waals surface area contributed by atoms with E-state index in [0.717, 1.165) is 12.0 Å². The molecule has 3 unspecified atom stereocenters. The molecule has 0 saturated heterocycles. The van der Waals surface area contributed by atoms with Crippen molar-refractivity contribution in [3.8, 4) is 0 Å². The minimum absolute atomic E-state index is 0.0860.